The number of hydrogen-bond donors (Lipinski definition) is 0. The Morgan fingerprint density at radius 3 is 2.47 bits per heavy atom. The van der Waals surface area contributed by atoms with Crippen LogP contribution in [0.3, 0.4) is 0 Å². The molecule has 2 amide bonds. The molecule has 0 N–H and O–H groups in total. The topological polar surface area (TPSA) is 59.1 Å². The normalized spacial score (nSPS) is 14.7. The maximum Gasteiger partial charge on any atom is 0.254 e. The van der Waals surface area contributed by atoms with Gasteiger partial charge in [-0.3, -0.25) is 9.59 Å². The van der Waals surface area contributed by atoms with E-state index >= 15 is 0 Å². The number of halogens is 2. The number of rotatable bonds is 8. The second-order valence-corrected chi connectivity index (χ2v) is 10.1. The summed E-state index contributed by atoms with van der Waals surface area (Å²) in [4.78, 5) is 31.7. The Labute approximate surface area is 224 Å². The van der Waals surface area contributed by atoms with Gasteiger partial charge in [-0.25, -0.2) is 0 Å². The van der Waals surface area contributed by atoms with Crippen molar-refractivity contribution in [3.05, 3.63) is 92.1 Å². The van der Waals surface area contributed by atoms with Crippen LogP contribution >= 0.6 is 34.5 Å². The molecule has 1 unspecified atom stereocenters. The van der Waals surface area contributed by atoms with Gasteiger partial charge in [0.05, 0.1) is 20.3 Å². The SMILES string of the molecule is C=CCN(CC(=O)N1CCc2sccc2C1c1ccc(Cl)cc1Cl)C(=O)c1cc(OC)cc(OC)c1. The van der Waals surface area contributed by atoms with E-state index in [1.807, 2.05) is 17.5 Å². The predicted molar refractivity (Wildman–Crippen MR) is 144 cm³/mol. The summed E-state index contributed by atoms with van der Waals surface area (Å²) in [5, 5.41) is 3.05. The van der Waals surface area contributed by atoms with E-state index in [-0.39, 0.29) is 30.9 Å². The van der Waals surface area contributed by atoms with Gasteiger partial charge in [0.25, 0.3) is 5.91 Å². The Morgan fingerprint density at radius 2 is 1.83 bits per heavy atom. The van der Waals surface area contributed by atoms with Gasteiger partial charge in [0.2, 0.25) is 5.91 Å². The third-order valence-electron chi connectivity index (χ3n) is 6.10. The van der Waals surface area contributed by atoms with Crippen LogP contribution in [-0.4, -0.2) is 55.5 Å². The van der Waals surface area contributed by atoms with E-state index in [1.165, 1.54) is 24.0 Å². The summed E-state index contributed by atoms with van der Waals surface area (Å²) in [5.74, 6) is 0.463. The van der Waals surface area contributed by atoms with Crippen molar-refractivity contribution in [2.24, 2.45) is 0 Å². The van der Waals surface area contributed by atoms with Gasteiger partial charge in [-0.15, -0.1) is 17.9 Å². The van der Waals surface area contributed by atoms with Crippen molar-refractivity contribution in [2.45, 2.75) is 12.5 Å². The number of nitrogens with zero attached hydrogens (tertiary/aromatic N) is 2. The summed E-state index contributed by atoms with van der Waals surface area (Å²) in [6.07, 6.45) is 2.34. The Morgan fingerprint density at radius 1 is 1.11 bits per heavy atom. The Kier molecular flexibility index (Phi) is 8.24. The maximum atomic E-state index is 13.7. The van der Waals surface area contributed by atoms with E-state index in [0.717, 1.165) is 17.5 Å². The molecule has 3 aromatic rings. The van der Waals surface area contributed by atoms with Crippen LogP contribution in [0.1, 0.15) is 32.4 Å². The number of methoxy groups -OCH3 is 2. The third kappa shape index (κ3) is 5.38. The van der Waals surface area contributed by atoms with Crippen LogP contribution in [0.25, 0.3) is 0 Å². The molecule has 4 rings (SSSR count). The molecule has 0 fully saturated rings. The summed E-state index contributed by atoms with van der Waals surface area (Å²) in [5.41, 5.74) is 2.20. The average Bonchev–Trinajstić information content (AvgIpc) is 3.36. The minimum Gasteiger partial charge on any atom is -0.497 e. The molecule has 2 aromatic carbocycles. The summed E-state index contributed by atoms with van der Waals surface area (Å²) in [6.45, 7) is 4.37. The lowest BCUT2D eigenvalue weighted by atomic mass is 9.93. The second kappa shape index (κ2) is 11.4. The molecular formula is C27H26Cl2N2O4S. The summed E-state index contributed by atoms with van der Waals surface area (Å²) in [6, 6.07) is 11.9. The van der Waals surface area contributed by atoms with Crippen molar-refractivity contribution in [2.75, 3.05) is 33.9 Å². The maximum absolute atomic E-state index is 13.7. The van der Waals surface area contributed by atoms with Crippen LogP contribution in [0, 0.1) is 0 Å². The standard InChI is InChI=1S/C27H26Cl2N2O4S/c1-4-9-30(27(33)17-12-19(34-2)15-20(13-17)35-3)16-25(32)31-10-7-24-22(8-11-36-24)26(31)21-6-5-18(28)14-23(21)29/h4-6,8,11-15,26H,1,7,9-10,16H2,2-3H3. The number of carbonyl (C=O) groups excluding carboxylic acids is 2. The number of ether oxygens (including phenoxy) is 2. The highest BCUT2D eigenvalue weighted by atomic mass is 35.5. The number of amides is 2. The molecule has 6 nitrogen and oxygen atoms in total. The summed E-state index contributed by atoms with van der Waals surface area (Å²) >= 11 is 14.4. The molecule has 0 aliphatic carbocycles. The molecule has 0 saturated carbocycles. The van der Waals surface area contributed by atoms with Gasteiger partial charge in [-0.1, -0.05) is 35.3 Å². The summed E-state index contributed by atoms with van der Waals surface area (Å²) in [7, 11) is 3.04. The highest BCUT2D eigenvalue weighted by Gasteiger charge is 2.35. The Bertz CT molecular complexity index is 1270. The molecule has 1 aliphatic rings. The van der Waals surface area contributed by atoms with Gasteiger partial charge in [0, 0.05) is 39.6 Å². The van der Waals surface area contributed by atoms with Gasteiger partial charge < -0.3 is 19.3 Å². The Hall–Kier alpha value is -3.00. The van der Waals surface area contributed by atoms with Crippen LogP contribution in [0.4, 0.5) is 0 Å². The van der Waals surface area contributed by atoms with Gasteiger partial charge in [0.15, 0.2) is 0 Å². The van der Waals surface area contributed by atoms with E-state index in [0.29, 0.717) is 33.7 Å². The molecular weight excluding hydrogens is 519 g/mol. The molecule has 0 spiro atoms. The number of hydrogen-bond acceptors (Lipinski definition) is 5. The highest BCUT2D eigenvalue weighted by Crippen LogP contribution is 2.41. The molecule has 9 heteroatoms. The number of benzene rings is 2. The van der Waals surface area contributed by atoms with E-state index in [1.54, 1.807) is 52.6 Å². The molecule has 0 bridgehead atoms. The van der Waals surface area contributed by atoms with Gasteiger partial charge in [-0.2, -0.15) is 0 Å². The van der Waals surface area contributed by atoms with Gasteiger partial charge in [0.1, 0.15) is 18.0 Å². The zero-order valence-corrected chi connectivity index (χ0v) is 22.3. The van der Waals surface area contributed by atoms with Crippen molar-refractivity contribution in [3.63, 3.8) is 0 Å². The first-order chi connectivity index (χ1) is 17.4. The lowest BCUT2D eigenvalue weighted by Crippen LogP contribution is -2.46. The van der Waals surface area contributed by atoms with E-state index in [2.05, 4.69) is 6.58 Å². The highest BCUT2D eigenvalue weighted by molar-refractivity contribution is 7.10. The van der Waals surface area contributed by atoms with Crippen molar-refractivity contribution in [3.8, 4) is 11.5 Å². The van der Waals surface area contributed by atoms with Crippen LogP contribution in [-0.2, 0) is 11.2 Å². The first-order valence-corrected chi connectivity index (χ1v) is 12.9. The van der Waals surface area contributed by atoms with E-state index in [9.17, 15) is 9.59 Å². The van der Waals surface area contributed by atoms with Crippen LogP contribution in [0.5, 0.6) is 11.5 Å². The van der Waals surface area contributed by atoms with Crippen molar-refractivity contribution >= 4 is 46.4 Å². The zero-order chi connectivity index (χ0) is 25.8. The molecule has 1 aliphatic heterocycles. The lowest BCUT2D eigenvalue weighted by molar-refractivity contribution is -0.133. The predicted octanol–water partition coefficient (Wildman–Crippen LogP) is 5.87. The second-order valence-electron chi connectivity index (χ2n) is 8.28. The van der Waals surface area contributed by atoms with Crippen LogP contribution in [0.15, 0.2) is 60.5 Å². The molecule has 188 valence electrons. The first kappa shape index (κ1) is 26.1. The molecule has 1 aromatic heterocycles. The van der Waals surface area contributed by atoms with Crippen molar-refractivity contribution < 1.29 is 19.1 Å². The quantitative estimate of drug-likeness (QED) is 0.332. The fraction of sp³-hybridized carbons (Fsp3) is 0.259. The van der Waals surface area contributed by atoms with Gasteiger partial charge in [-0.05, 0) is 53.3 Å². The zero-order valence-electron chi connectivity index (χ0n) is 20.0. The minimum absolute atomic E-state index is 0.119. The van der Waals surface area contributed by atoms with Crippen molar-refractivity contribution in [1.29, 1.82) is 0 Å². The van der Waals surface area contributed by atoms with E-state index in [4.69, 9.17) is 32.7 Å². The molecule has 0 radical (unpaired) electrons. The monoisotopic (exact) mass is 544 g/mol. The number of carbonyl (C=O) groups is 2. The minimum atomic E-state index is -0.366. The smallest absolute Gasteiger partial charge is 0.254 e. The fourth-order valence-corrected chi connectivity index (χ4v) is 5.80. The number of thiophene rings is 1. The average molecular weight is 545 g/mol. The lowest BCUT2D eigenvalue weighted by Gasteiger charge is -2.38. The van der Waals surface area contributed by atoms with E-state index < -0.39 is 0 Å². The van der Waals surface area contributed by atoms with Crippen molar-refractivity contribution in [1.82, 2.24) is 9.80 Å². The molecule has 36 heavy (non-hydrogen) atoms. The fourth-order valence-electron chi connectivity index (χ4n) is 4.39. The third-order valence-corrected chi connectivity index (χ3v) is 7.66. The van der Waals surface area contributed by atoms with Gasteiger partial charge >= 0.3 is 0 Å². The molecule has 1 atom stereocenters. The molecule has 2 heterocycles. The first-order valence-electron chi connectivity index (χ1n) is 11.3. The van der Waals surface area contributed by atoms with Crippen LogP contribution in [0.2, 0.25) is 10.0 Å². The largest absolute Gasteiger partial charge is 0.497 e. The number of fused-ring (bicyclic) bond motifs is 1. The molecule has 0 saturated heterocycles. The Balaban J connectivity index is 1.65. The van der Waals surface area contributed by atoms with Crippen LogP contribution < -0.4 is 9.47 Å². The summed E-state index contributed by atoms with van der Waals surface area (Å²) < 4.78 is 10.6.